The third-order valence-electron chi connectivity index (χ3n) is 6.00. The molecule has 1 saturated heterocycles. The maximum atomic E-state index is 12.4. The number of alkyl carbamates (subject to hydrolysis) is 1. The topological polar surface area (TPSA) is 60.0 Å². The van der Waals surface area contributed by atoms with Gasteiger partial charge in [0, 0.05) is 37.5 Å². The van der Waals surface area contributed by atoms with Crippen LogP contribution in [0.25, 0.3) is 0 Å². The maximum absolute atomic E-state index is 12.4. The molecule has 2 aliphatic heterocycles. The molecule has 1 aromatic carbocycles. The molecule has 1 fully saturated rings. The number of nitrogens with zero attached hydrogens (tertiary/aromatic N) is 1. The number of ether oxygens (including phenoxy) is 3. The fourth-order valence-corrected chi connectivity index (χ4v) is 4.79. The van der Waals surface area contributed by atoms with Crippen molar-refractivity contribution in [3.05, 3.63) is 23.3 Å². The van der Waals surface area contributed by atoms with E-state index >= 15 is 0 Å². The molecule has 3 unspecified atom stereocenters. The van der Waals surface area contributed by atoms with E-state index in [2.05, 4.69) is 36.2 Å². The Morgan fingerprint density at radius 3 is 2.48 bits per heavy atom. The minimum atomic E-state index is -0.310. The predicted octanol–water partition coefficient (Wildman–Crippen LogP) is 4.17. The van der Waals surface area contributed by atoms with Gasteiger partial charge in [0.2, 0.25) is 0 Å². The second-order valence-electron chi connectivity index (χ2n) is 9.03. The third kappa shape index (κ3) is 4.97. The van der Waals surface area contributed by atoms with Gasteiger partial charge in [-0.2, -0.15) is 0 Å². The van der Waals surface area contributed by atoms with Crippen molar-refractivity contribution in [2.24, 2.45) is 11.8 Å². The smallest absolute Gasteiger partial charge is 0.407 e. The lowest BCUT2D eigenvalue weighted by molar-refractivity contribution is -0.0297. The van der Waals surface area contributed by atoms with E-state index < -0.39 is 0 Å². The Kier molecular flexibility index (Phi) is 6.93. The molecule has 0 bridgehead atoms. The van der Waals surface area contributed by atoms with Crippen LogP contribution in [0, 0.1) is 11.8 Å². The normalized spacial score (nSPS) is 24.1. The highest BCUT2D eigenvalue weighted by molar-refractivity contribution is 5.67. The summed E-state index contributed by atoms with van der Waals surface area (Å²) < 4.78 is 17.0. The number of hydrogen-bond acceptors (Lipinski definition) is 5. The third-order valence-corrected chi connectivity index (χ3v) is 6.00. The first-order valence-electron chi connectivity index (χ1n) is 10.8. The number of nitrogens with one attached hydrogen (secondary N) is 1. The largest absolute Gasteiger partial charge is 0.493 e. The van der Waals surface area contributed by atoms with Gasteiger partial charge in [-0.25, -0.2) is 4.79 Å². The summed E-state index contributed by atoms with van der Waals surface area (Å²) in [5, 5.41) is 2.88. The monoisotopic (exact) mass is 404 g/mol. The van der Waals surface area contributed by atoms with Crippen molar-refractivity contribution in [3.63, 3.8) is 0 Å². The van der Waals surface area contributed by atoms with Crippen molar-refractivity contribution < 1.29 is 19.0 Å². The molecule has 29 heavy (non-hydrogen) atoms. The highest BCUT2D eigenvalue weighted by Gasteiger charge is 2.41. The van der Waals surface area contributed by atoms with Gasteiger partial charge in [0.05, 0.1) is 14.2 Å². The van der Waals surface area contributed by atoms with Crippen LogP contribution in [-0.2, 0) is 11.2 Å². The van der Waals surface area contributed by atoms with Crippen LogP contribution in [0.5, 0.6) is 11.5 Å². The first-order chi connectivity index (χ1) is 13.8. The van der Waals surface area contributed by atoms with Gasteiger partial charge in [0.1, 0.15) is 6.10 Å². The number of piperidine rings is 1. The van der Waals surface area contributed by atoms with E-state index in [1.54, 1.807) is 14.2 Å². The van der Waals surface area contributed by atoms with Crippen LogP contribution < -0.4 is 14.8 Å². The van der Waals surface area contributed by atoms with E-state index in [0.717, 1.165) is 43.9 Å². The number of carbonyl (C=O) groups is 1. The van der Waals surface area contributed by atoms with Crippen LogP contribution in [0.2, 0.25) is 0 Å². The van der Waals surface area contributed by atoms with Crippen LogP contribution in [0.1, 0.15) is 57.7 Å². The summed E-state index contributed by atoms with van der Waals surface area (Å²) in [5.41, 5.74) is 2.58. The van der Waals surface area contributed by atoms with E-state index in [4.69, 9.17) is 14.2 Å². The van der Waals surface area contributed by atoms with Crippen molar-refractivity contribution in [2.75, 3.05) is 27.3 Å². The van der Waals surface area contributed by atoms with E-state index in [0.29, 0.717) is 11.8 Å². The Bertz CT molecular complexity index is 719. The van der Waals surface area contributed by atoms with Crippen LogP contribution in [-0.4, -0.2) is 50.4 Å². The Morgan fingerprint density at radius 1 is 1.17 bits per heavy atom. The number of fused-ring (bicyclic) bond motifs is 3. The van der Waals surface area contributed by atoms with Crippen LogP contribution in [0.15, 0.2) is 12.1 Å². The quantitative estimate of drug-likeness (QED) is 0.771. The van der Waals surface area contributed by atoms with Gasteiger partial charge in [0.25, 0.3) is 0 Å². The minimum absolute atomic E-state index is 0.0678. The molecular weight excluding hydrogens is 368 g/mol. The zero-order valence-corrected chi connectivity index (χ0v) is 18.7. The Balaban J connectivity index is 1.86. The highest BCUT2D eigenvalue weighted by atomic mass is 16.6. The molecule has 2 heterocycles. The van der Waals surface area contributed by atoms with Crippen LogP contribution in [0.3, 0.4) is 0 Å². The minimum Gasteiger partial charge on any atom is -0.493 e. The van der Waals surface area contributed by atoms with Crippen molar-refractivity contribution in [3.8, 4) is 11.5 Å². The fraction of sp³-hybridized carbons (Fsp3) is 0.696. The highest BCUT2D eigenvalue weighted by Crippen LogP contribution is 2.44. The van der Waals surface area contributed by atoms with Gasteiger partial charge in [-0.05, 0) is 55.9 Å². The number of amides is 1. The number of hydrogen-bond donors (Lipinski definition) is 1. The molecule has 1 N–H and O–H groups in total. The van der Waals surface area contributed by atoms with E-state index in [-0.39, 0.29) is 24.3 Å². The zero-order valence-electron chi connectivity index (χ0n) is 18.7. The molecule has 1 aromatic rings. The first-order valence-corrected chi connectivity index (χ1v) is 10.8. The molecule has 3 rings (SSSR count). The summed E-state index contributed by atoms with van der Waals surface area (Å²) in [6, 6.07) is 4.52. The molecule has 3 atom stereocenters. The fourth-order valence-electron chi connectivity index (χ4n) is 4.79. The van der Waals surface area contributed by atoms with Crippen molar-refractivity contribution >= 4 is 6.09 Å². The molecular formula is C23H36N2O4. The SMILES string of the molecule is COc1cc2c(cc1OC)C1CC(OC(=O)NC(C)C)C(CC(C)C)CN1CC2. The number of rotatable bonds is 6. The second kappa shape index (κ2) is 9.24. The summed E-state index contributed by atoms with van der Waals surface area (Å²) >= 11 is 0. The zero-order chi connectivity index (χ0) is 21.1. The van der Waals surface area contributed by atoms with Gasteiger partial charge < -0.3 is 19.5 Å². The average Bonchev–Trinajstić information content (AvgIpc) is 2.66. The van der Waals surface area contributed by atoms with Gasteiger partial charge in [-0.3, -0.25) is 4.90 Å². The molecule has 6 heteroatoms. The average molecular weight is 405 g/mol. The molecule has 0 spiro atoms. The summed E-state index contributed by atoms with van der Waals surface area (Å²) in [4.78, 5) is 14.9. The Hall–Kier alpha value is -1.95. The summed E-state index contributed by atoms with van der Waals surface area (Å²) in [7, 11) is 3.35. The molecule has 162 valence electrons. The Labute approximate surface area is 174 Å². The van der Waals surface area contributed by atoms with Crippen molar-refractivity contribution in [1.29, 1.82) is 0 Å². The van der Waals surface area contributed by atoms with Gasteiger partial charge in [-0.15, -0.1) is 0 Å². The number of carbonyl (C=O) groups excluding carboxylic acids is 1. The van der Waals surface area contributed by atoms with Crippen molar-refractivity contribution in [2.45, 2.75) is 65.1 Å². The molecule has 0 saturated carbocycles. The lowest BCUT2D eigenvalue weighted by atomic mass is 9.79. The molecule has 6 nitrogen and oxygen atoms in total. The molecule has 1 amide bonds. The van der Waals surface area contributed by atoms with E-state index in [1.165, 1.54) is 11.1 Å². The molecule has 0 aromatic heterocycles. The number of methoxy groups -OCH3 is 2. The summed E-state index contributed by atoms with van der Waals surface area (Å²) in [6.45, 7) is 10.3. The number of benzene rings is 1. The second-order valence-corrected chi connectivity index (χ2v) is 9.03. The molecule has 0 radical (unpaired) electrons. The summed E-state index contributed by atoms with van der Waals surface area (Å²) in [5.74, 6) is 2.45. The molecule has 0 aliphatic carbocycles. The molecule has 2 aliphatic rings. The standard InChI is InChI=1S/C23H36N2O4/c1-14(2)9-17-13-25-8-7-16-10-21(27-5)22(28-6)11-18(16)19(25)12-20(17)29-23(26)24-15(3)4/h10-11,14-15,17,19-20H,7-9,12-13H2,1-6H3,(H,24,26). The van der Waals surface area contributed by atoms with E-state index in [9.17, 15) is 4.79 Å². The van der Waals surface area contributed by atoms with Gasteiger partial charge in [0.15, 0.2) is 11.5 Å². The van der Waals surface area contributed by atoms with Crippen molar-refractivity contribution in [1.82, 2.24) is 10.2 Å². The lowest BCUT2D eigenvalue weighted by Gasteiger charge is -2.47. The predicted molar refractivity (Wildman–Crippen MR) is 114 cm³/mol. The maximum Gasteiger partial charge on any atom is 0.407 e. The van der Waals surface area contributed by atoms with Gasteiger partial charge >= 0.3 is 6.09 Å². The van der Waals surface area contributed by atoms with Crippen LogP contribution in [0.4, 0.5) is 4.79 Å². The first kappa shape index (κ1) is 21.8. The summed E-state index contributed by atoms with van der Waals surface area (Å²) in [6.07, 6.45) is 2.47. The van der Waals surface area contributed by atoms with E-state index in [1.807, 2.05) is 13.8 Å². The van der Waals surface area contributed by atoms with Crippen LogP contribution >= 0.6 is 0 Å². The Morgan fingerprint density at radius 2 is 1.86 bits per heavy atom. The lowest BCUT2D eigenvalue weighted by Crippen LogP contribution is -2.50. The van der Waals surface area contributed by atoms with Gasteiger partial charge in [-0.1, -0.05) is 13.8 Å².